The van der Waals surface area contributed by atoms with Crippen molar-refractivity contribution in [2.75, 3.05) is 13.2 Å². The smallest absolute Gasteiger partial charge is 0.229 e. The molecule has 0 aromatic carbocycles. The zero-order valence-electron chi connectivity index (χ0n) is 9.20. The lowest BCUT2D eigenvalue weighted by Crippen LogP contribution is -2.00. The van der Waals surface area contributed by atoms with Crippen LogP contribution >= 0.6 is 11.6 Å². The van der Waals surface area contributed by atoms with E-state index in [4.69, 9.17) is 20.9 Å². The van der Waals surface area contributed by atoms with Gasteiger partial charge in [0.25, 0.3) is 0 Å². The van der Waals surface area contributed by atoms with E-state index < -0.39 is 0 Å². The first-order valence-electron chi connectivity index (χ1n) is 5.32. The SMILES string of the molecule is CCCOCCc1nc(C(Cl)CC)no1. The Morgan fingerprint density at radius 2 is 2.20 bits per heavy atom. The number of ether oxygens (including phenoxy) is 1. The number of aromatic nitrogens is 2. The first-order valence-corrected chi connectivity index (χ1v) is 5.75. The minimum absolute atomic E-state index is 0.154. The molecule has 86 valence electrons. The van der Waals surface area contributed by atoms with E-state index in [0.29, 0.717) is 24.7 Å². The van der Waals surface area contributed by atoms with Crippen molar-refractivity contribution in [3.8, 4) is 0 Å². The van der Waals surface area contributed by atoms with Crippen molar-refractivity contribution >= 4 is 11.6 Å². The highest BCUT2D eigenvalue weighted by molar-refractivity contribution is 6.20. The number of nitrogens with zero attached hydrogens (tertiary/aromatic N) is 2. The molecule has 1 rings (SSSR count). The Hall–Kier alpha value is -0.610. The van der Waals surface area contributed by atoms with Crippen LogP contribution in [0, 0.1) is 0 Å². The molecule has 5 heteroatoms. The van der Waals surface area contributed by atoms with Crippen LogP contribution in [-0.2, 0) is 11.2 Å². The van der Waals surface area contributed by atoms with Gasteiger partial charge in [-0.25, -0.2) is 0 Å². The number of halogens is 1. The fourth-order valence-electron chi connectivity index (χ4n) is 1.09. The van der Waals surface area contributed by atoms with Gasteiger partial charge in [0, 0.05) is 6.61 Å². The molecule has 0 amide bonds. The summed E-state index contributed by atoms with van der Waals surface area (Å²) in [5.74, 6) is 1.17. The molecule has 0 fully saturated rings. The normalized spacial score (nSPS) is 13.0. The van der Waals surface area contributed by atoms with E-state index in [0.717, 1.165) is 19.4 Å². The van der Waals surface area contributed by atoms with Gasteiger partial charge < -0.3 is 9.26 Å². The highest BCUT2D eigenvalue weighted by Crippen LogP contribution is 2.20. The third kappa shape index (κ3) is 4.18. The molecule has 0 aliphatic carbocycles. The minimum Gasteiger partial charge on any atom is -0.381 e. The zero-order valence-corrected chi connectivity index (χ0v) is 9.96. The third-order valence-electron chi connectivity index (χ3n) is 1.93. The Morgan fingerprint density at radius 3 is 2.87 bits per heavy atom. The first-order chi connectivity index (χ1) is 7.27. The summed E-state index contributed by atoms with van der Waals surface area (Å²) in [4.78, 5) is 4.19. The average molecular weight is 233 g/mol. The molecule has 1 aromatic rings. The number of hydrogen-bond donors (Lipinski definition) is 0. The van der Waals surface area contributed by atoms with Gasteiger partial charge >= 0.3 is 0 Å². The van der Waals surface area contributed by atoms with E-state index in [1.165, 1.54) is 0 Å². The predicted molar refractivity (Wildman–Crippen MR) is 58.0 cm³/mol. The molecule has 15 heavy (non-hydrogen) atoms. The second-order valence-electron chi connectivity index (χ2n) is 3.28. The van der Waals surface area contributed by atoms with Crippen LogP contribution < -0.4 is 0 Å². The minimum atomic E-state index is -0.154. The van der Waals surface area contributed by atoms with Crippen molar-refractivity contribution in [1.82, 2.24) is 10.1 Å². The Labute approximate surface area is 95.0 Å². The standard InChI is InChI=1S/C10H17ClN2O2/c1-3-6-14-7-5-9-12-10(13-15-9)8(11)4-2/h8H,3-7H2,1-2H3. The maximum atomic E-state index is 5.97. The summed E-state index contributed by atoms with van der Waals surface area (Å²) in [6.45, 7) is 5.45. The maximum absolute atomic E-state index is 5.97. The van der Waals surface area contributed by atoms with E-state index in [1.54, 1.807) is 0 Å². The van der Waals surface area contributed by atoms with Crippen molar-refractivity contribution in [2.45, 2.75) is 38.5 Å². The van der Waals surface area contributed by atoms with Gasteiger partial charge in [-0.05, 0) is 12.8 Å². The van der Waals surface area contributed by atoms with Crippen LogP contribution in [0.25, 0.3) is 0 Å². The van der Waals surface area contributed by atoms with Gasteiger partial charge in [-0.15, -0.1) is 11.6 Å². The molecule has 4 nitrogen and oxygen atoms in total. The van der Waals surface area contributed by atoms with Gasteiger partial charge in [-0.1, -0.05) is 19.0 Å². The second kappa shape index (κ2) is 6.80. The number of hydrogen-bond acceptors (Lipinski definition) is 4. The van der Waals surface area contributed by atoms with Crippen molar-refractivity contribution in [2.24, 2.45) is 0 Å². The summed E-state index contributed by atoms with van der Waals surface area (Å²) in [7, 11) is 0. The molecule has 0 aliphatic rings. The number of alkyl halides is 1. The van der Waals surface area contributed by atoms with E-state index in [9.17, 15) is 0 Å². The quantitative estimate of drug-likeness (QED) is 0.536. The Balaban J connectivity index is 2.33. The monoisotopic (exact) mass is 232 g/mol. The molecule has 1 atom stereocenters. The van der Waals surface area contributed by atoms with Crippen LogP contribution in [0.1, 0.15) is 43.8 Å². The van der Waals surface area contributed by atoms with E-state index in [2.05, 4.69) is 17.1 Å². The lowest BCUT2D eigenvalue weighted by atomic mass is 10.3. The third-order valence-corrected chi connectivity index (χ3v) is 2.43. The molecule has 1 aromatic heterocycles. The zero-order chi connectivity index (χ0) is 11.1. The lowest BCUT2D eigenvalue weighted by molar-refractivity contribution is 0.132. The van der Waals surface area contributed by atoms with Crippen LogP contribution in [0.15, 0.2) is 4.52 Å². The van der Waals surface area contributed by atoms with Crippen molar-refractivity contribution in [1.29, 1.82) is 0 Å². The van der Waals surface area contributed by atoms with Crippen molar-refractivity contribution in [3.05, 3.63) is 11.7 Å². The topological polar surface area (TPSA) is 48.2 Å². The largest absolute Gasteiger partial charge is 0.381 e. The maximum Gasteiger partial charge on any atom is 0.229 e. The molecule has 1 unspecified atom stereocenters. The average Bonchev–Trinajstić information content (AvgIpc) is 2.72. The Morgan fingerprint density at radius 1 is 1.40 bits per heavy atom. The van der Waals surface area contributed by atoms with Gasteiger partial charge in [0.1, 0.15) is 0 Å². The molecule has 0 bridgehead atoms. The van der Waals surface area contributed by atoms with Gasteiger partial charge in [-0.3, -0.25) is 0 Å². The van der Waals surface area contributed by atoms with Crippen LogP contribution in [0.2, 0.25) is 0 Å². The van der Waals surface area contributed by atoms with Crippen LogP contribution in [0.3, 0.4) is 0 Å². The summed E-state index contributed by atoms with van der Waals surface area (Å²) in [6.07, 6.45) is 2.47. The molecule has 1 heterocycles. The molecule has 0 radical (unpaired) electrons. The summed E-state index contributed by atoms with van der Waals surface area (Å²) in [5.41, 5.74) is 0. The highest BCUT2D eigenvalue weighted by Gasteiger charge is 2.13. The molecule has 0 spiro atoms. The summed E-state index contributed by atoms with van der Waals surface area (Å²) >= 11 is 5.97. The van der Waals surface area contributed by atoms with Gasteiger partial charge in [-0.2, -0.15) is 4.98 Å². The fourth-order valence-corrected chi connectivity index (χ4v) is 1.17. The summed E-state index contributed by atoms with van der Waals surface area (Å²) in [5, 5.41) is 3.66. The van der Waals surface area contributed by atoms with Gasteiger partial charge in [0.15, 0.2) is 5.82 Å². The predicted octanol–water partition coefficient (Wildman–Crippen LogP) is 2.73. The molecule has 0 saturated carbocycles. The van der Waals surface area contributed by atoms with Gasteiger partial charge in [0.05, 0.1) is 18.4 Å². The number of rotatable bonds is 7. The lowest BCUT2D eigenvalue weighted by Gasteiger charge is -1.98. The van der Waals surface area contributed by atoms with E-state index in [-0.39, 0.29) is 5.38 Å². The molecular formula is C10H17ClN2O2. The van der Waals surface area contributed by atoms with Crippen molar-refractivity contribution < 1.29 is 9.26 Å². The van der Waals surface area contributed by atoms with Crippen molar-refractivity contribution in [3.63, 3.8) is 0 Å². The van der Waals surface area contributed by atoms with Crippen LogP contribution in [0.5, 0.6) is 0 Å². The second-order valence-corrected chi connectivity index (χ2v) is 3.81. The summed E-state index contributed by atoms with van der Waals surface area (Å²) in [6, 6.07) is 0. The van der Waals surface area contributed by atoms with E-state index >= 15 is 0 Å². The Bertz CT molecular complexity index is 278. The highest BCUT2D eigenvalue weighted by atomic mass is 35.5. The van der Waals surface area contributed by atoms with E-state index in [1.807, 2.05) is 6.92 Å². The summed E-state index contributed by atoms with van der Waals surface area (Å²) < 4.78 is 10.4. The van der Waals surface area contributed by atoms with Gasteiger partial charge in [0.2, 0.25) is 5.89 Å². The Kier molecular flexibility index (Phi) is 5.65. The first kappa shape index (κ1) is 12.5. The fraction of sp³-hybridized carbons (Fsp3) is 0.800. The molecule has 0 aliphatic heterocycles. The molecule has 0 N–H and O–H groups in total. The van der Waals surface area contributed by atoms with Crippen LogP contribution in [0.4, 0.5) is 0 Å². The molecule has 0 saturated heterocycles. The molecular weight excluding hydrogens is 216 g/mol. The van der Waals surface area contributed by atoms with Crippen LogP contribution in [-0.4, -0.2) is 23.4 Å².